The molecule has 1 rings (SSSR count). The maximum atomic E-state index is 11.8. The van der Waals surface area contributed by atoms with E-state index in [-0.39, 0.29) is 18.6 Å². The minimum Gasteiger partial charge on any atom is -0.492 e. The van der Waals surface area contributed by atoms with E-state index in [1.165, 1.54) is 0 Å². The van der Waals surface area contributed by atoms with Crippen LogP contribution in [0.2, 0.25) is 0 Å². The van der Waals surface area contributed by atoms with Crippen molar-refractivity contribution in [3.63, 3.8) is 0 Å². The quantitative estimate of drug-likeness (QED) is 0.738. The Kier molecular flexibility index (Phi) is 6.69. The fourth-order valence-corrected chi connectivity index (χ4v) is 2.88. The number of amides is 1. The highest BCUT2D eigenvalue weighted by atomic mass is 32.2. The molecule has 114 valence electrons. The van der Waals surface area contributed by atoms with Crippen molar-refractivity contribution in [2.75, 3.05) is 23.4 Å². The third-order valence-electron chi connectivity index (χ3n) is 2.56. The topological polar surface area (TPSA) is 96.3 Å². The van der Waals surface area contributed by atoms with E-state index in [2.05, 4.69) is 5.32 Å². The average molecular weight is 310 g/mol. The minimum absolute atomic E-state index is 0.161. The zero-order chi connectivity index (χ0) is 15.7. The van der Waals surface area contributed by atoms with Crippen molar-refractivity contribution in [2.24, 2.45) is 0 Å². The number of rotatable bonds is 8. The number of carbonyl (C=O) groups excluding carboxylic acids is 1. The molecule has 0 aliphatic heterocycles. The first-order valence-corrected chi connectivity index (χ1v) is 8.39. The molecule has 0 saturated heterocycles. The van der Waals surface area contributed by atoms with E-state index in [1.54, 1.807) is 24.3 Å². The van der Waals surface area contributed by atoms with Crippen LogP contribution in [-0.2, 0) is 14.6 Å². The zero-order valence-corrected chi connectivity index (χ0v) is 12.6. The van der Waals surface area contributed by atoms with Gasteiger partial charge in [-0.15, -0.1) is 0 Å². The Balaban J connectivity index is 2.64. The molecule has 0 bridgehead atoms. The number of nitriles is 1. The molecule has 0 aromatic heterocycles. The van der Waals surface area contributed by atoms with Crippen LogP contribution in [-0.4, -0.2) is 32.4 Å². The molecule has 6 nitrogen and oxygen atoms in total. The van der Waals surface area contributed by atoms with Gasteiger partial charge in [0, 0.05) is 6.42 Å². The molecule has 0 unspecified atom stereocenters. The van der Waals surface area contributed by atoms with Gasteiger partial charge in [0.15, 0.2) is 9.84 Å². The number of carbonyl (C=O) groups is 1. The lowest BCUT2D eigenvalue weighted by Gasteiger charge is -2.11. The summed E-state index contributed by atoms with van der Waals surface area (Å²) in [5.41, 5.74) is 0.441. The second-order valence-electron chi connectivity index (χ2n) is 4.33. The lowest BCUT2D eigenvalue weighted by atomic mass is 10.3. The highest BCUT2D eigenvalue weighted by Crippen LogP contribution is 2.23. The molecule has 1 aromatic rings. The summed E-state index contributed by atoms with van der Waals surface area (Å²) in [6.45, 7) is 2.26. The minimum atomic E-state index is -3.50. The van der Waals surface area contributed by atoms with Crippen LogP contribution in [0.15, 0.2) is 24.3 Å². The first kappa shape index (κ1) is 17.0. The molecule has 0 heterocycles. The Morgan fingerprint density at radius 2 is 2.10 bits per heavy atom. The summed E-state index contributed by atoms with van der Waals surface area (Å²) < 4.78 is 28.8. The summed E-state index contributed by atoms with van der Waals surface area (Å²) in [5, 5.41) is 10.9. The highest BCUT2D eigenvalue weighted by molar-refractivity contribution is 7.92. The van der Waals surface area contributed by atoms with Crippen LogP contribution in [0.4, 0.5) is 5.69 Å². The van der Waals surface area contributed by atoms with Crippen molar-refractivity contribution < 1.29 is 17.9 Å². The summed E-state index contributed by atoms with van der Waals surface area (Å²) in [6, 6.07) is 8.70. The molecule has 0 saturated carbocycles. The smallest absolute Gasteiger partial charge is 0.239 e. The zero-order valence-electron chi connectivity index (χ0n) is 11.8. The van der Waals surface area contributed by atoms with Crippen molar-refractivity contribution in [2.45, 2.75) is 19.8 Å². The number of ether oxygens (including phenoxy) is 1. The highest BCUT2D eigenvalue weighted by Gasteiger charge is 2.17. The molecule has 21 heavy (non-hydrogen) atoms. The van der Waals surface area contributed by atoms with E-state index in [4.69, 9.17) is 10.00 Å². The number of hydrogen-bond donors (Lipinski definition) is 1. The van der Waals surface area contributed by atoms with E-state index in [9.17, 15) is 13.2 Å². The van der Waals surface area contributed by atoms with Gasteiger partial charge in [0.05, 0.1) is 24.1 Å². The molecule has 0 aliphatic carbocycles. The standard InChI is InChI=1S/C14H18N2O4S/c1-2-20-13-8-4-3-7-12(13)16-14(17)11-21(18,19)10-6-5-9-15/h3-4,7-8H,2,5-6,10-11H2,1H3,(H,16,17). The summed E-state index contributed by atoms with van der Waals surface area (Å²) in [4.78, 5) is 11.8. The number of nitrogens with zero attached hydrogens (tertiary/aromatic N) is 1. The molecule has 7 heteroatoms. The van der Waals surface area contributed by atoms with Gasteiger partial charge in [-0.05, 0) is 25.5 Å². The van der Waals surface area contributed by atoms with Gasteiger partial charge in [0.25, 0.3) is 0 Å². The van der Waals surface area contributed by atoms with Gasteiger partial charge < -0.3 is 10.1 Å². The Hall–Kier alpha value is -2.07. The Morgan fingerprint density at radius 1 is 1.38 bits per heavy atom. The lowest BCUT2D eigenvalue weighted by molar-refractivity contribution is -0.113. The molecule has 1 amide bonds. The second-order valence-corrected chi connectivity index (χ2v) is 6.52. The molecule has 0 radical (unpaired) electrons. The van der Waals surface area contributed by atoms with Crippen LogP contribution in [0.25, 0.3) is 0 Å². The molecule has 0 fully saturated rings. The largest absolute Gasteiger partial charge is 0.492 e. The number of hydrogen-bond acceptors (Lipinski definition) is 5. The van der Waals surface area contributed by atoms with Crippen LogP contribution >= 0.6 is 0 Å². The fourth-order valence-electron chi connectivity index (χ4n) is 1.68. The first-order valence-electron chi connectivity index (χ1n) is 6.57. The molecule has 1 N–H and O–H groups in total. The van der Waals surface area contributed by atoms with Crippen LogP contribution in [0.3, 0.4) is 0 Å². The average Bonchev–Trinajstić information content (AvgIpc) is 2.40. The third kappa shape index (κ3) is 6.27. The fraction of sp³-hybridized carbons (Fsp3) is 0.429. The van der Waals surface area contributed by atoms with Crippen LogP contribution in [0.1, 0.15) is 19.8 Å². The van der Waals surface area contributed by atoms with Crippen LogP contribution in [0, 0.1) is 11.3 Å². The van der Waals surface area contributed by atoms with Gasteiger partial charge >= 0.3 is 0 Å². The van der Waals surface area contributed by atoms with Gasteiger partial charge in [0.2, 0.25) is 5.91 Å². The second kappa shape index (κ2) is 8.27. The Bertz CT molecular complexity index is 620. The van der Waals surface area contributed by atoms with Crippen molar-refractivity contribution in [3.8, 4) is 11.8 Å². The molecule has 0 aliphatic rings. The molecule has 0 spiro atoms. The van der Waals surface area contributed by atoms with Crippen molar-refractivity contribution >= 4 is 21.4 Å². The van der Waals surface area contributed by atoms with Gasteiger partial charge in [0.1, 0.15) is 11.5 Å². The predicted octanol–water partition coefficient (Wildman–Crippen LogP) is 1.74. The number of benzene rings is 1. The SMILES string of the molecule is CCOc1ccccc1NC(=O)CS(=O)(=O)CCCC#N. The van der Waals surface area contributed by atoms with E-state index in [0.717, 1.165) is 0 Å². The Labute approximate surface area is 124 Å². The molecule has 0 atom stereocenters. The lowest BCUT2D eigenvalue weighted by Crippen LogP contribution is -2.25. The summed E-state index contributed by atoms with van der Waals surface area (Å²) >= 11 is 0. The maximum absolute atomic E-state index is 11.8. The number of sulfone groups is 1. The van der Waals surface area contributed by atoms with Gasteiger partial charge in [-0.3, -0.25) is 4.79 Å². The molecular formula is C14H18N2O4S. The number of anilines is 1. The van der Waals surface area contributed by atoms with E-state index >= 15 is 0 Å². The van der Waals surface area contributed by atoms with Crippen molar-refractivity contribution in [1.82, 2.24) is 0 Å². The summed E-state index contributed by atoms with van der Waals surface area (Å²) in [6.07, 6.45) is 0.398. The van der Waals surface area contributed by atoms with Crippen LogP contribution in [0.5, 0.6) is 5.75 Å². The number of para-hydroxylation sites is 2. The predicted molar refractivity (Wildman–Crippen MR) is 79.7 cm³/mol. The van der Waals surface area contributed by atoms with Gasteiger partial charge in [-0.1, -0.05) is 12.1 Å². The van der Waals surface area contributed by atoms with E-state index in [1.807, 2.05) is 13.0 Å². The Morgan fingerprint density at radius 3 is 2.76 bits per heavy atom. The van der Waals surface area contributed by atoms with E-state index in [0.29, 0.717) is 18.0 Å². The summed E-state index contributed by atoms with van der Waals surface area (Å²) in [5.74, 6) is -0.880. The molecule has 1 aromatic carbocycles. The van der Waals surface area contributed by atoms with Crippen molar-refractivity contribution in [3.05, 3.63) is 24.3 Å². The normalized spacial score (nSPS) is 10.7. The van der Waals surface area contributed by atoms with Gasteiger partial charge in [-0.2, -0.15) is 5.26 Å². The van der Waals surface area contributed by atoms with E-state index < -0.39 is 21.5 Å². The maximum Gasteiger partial charge on any atom is 0.239 e. The third-order valence-corrected chi connectivity index (χ3v) is 4.17. The van der Waals surface area contributed by atoms with Crippen molar-refractivity contribution in [1.29, 1.82) is 5.26 Å². The van der Waals surface area contributed by atoms with Crippen LogP contribution < -0.4 is 10.1 Å². The van der Waals surface area contributed by atoms with Gasteiger partial charge in [-0.25, -0.2) is 8.42 Å². The molecular weight excluding hydrogens is 292 g/mol. The monoisotopic (exact) mass is 310 g/mol. The first-order chi connectivity index (χ1) is 9.98. The number of nitrogens with one attached hydrogen (secondary N) is 1. The number of unbranched alkanes of at least 4 members (excludes halogenated alkanes) is 1. The summed E-state index contributed by atoms with van der Waals surface area (Å²) in [7, 11) is -3.50.